The molecule has 0 fully saturated rings. The van der Waals surface area contributed by atoms with Gasteiger partial charge >= 0.3 is 0 Å². The van der Waals surface area contributed by atoms with Crippen LogP contribution in [-0.4, -0.2) is 23.5 Å². The fraction of sp³-hybridized carbons (Fsp3) is 0.0571. The number of thioether (sulfide) groups is 1. The summed E-state index contributed by atoms with van der Waals surface area (Å²) in [5, 5.41) is 8.44. The maximum Gasteiger partial charge on any atom is 0.272 e. The highest BCUT2D eigenvalue weighted by atomic mass is 79.9. The van der Waals surface area contributed by atoms with Gasteiger partial charge in [0.1, 0.15) is 17.2 Å². The van der Waals surface area contributed by atoms with Crippen LogP contribution >= 0.6 is 27.7 Å². The minimum atomic E-state index is -0.520. The van der Waals surface area contributed by atoms with Crippen molar-refractivity contribution >= 4 is 62.9 Å². The van der Waals surface area contributed by atoms with Crippen molar-refractivity contribution in [1.29, 1.82) is 0 Å². The first-order valence-corrected chi connectivity index (χ1v) is 15.4. The highest BCUT2D eigenvalue weighted by Crippen LogP contribution is 2.26. The van der Waals surface area contributed by atoms with Gasteiger partial charge in [0.2, 0.25) is 5.91 Å². The summed E-state index contributed by atoms with van der Waals surface area (Å²) < 4.78 is 6.92. The molecule has 0 spiro atoms. The molecule has 0 aliphatic heterocycles. The molecule has 0 saturated heterocycles. The van der Waals surface area contributed by atoms with E-state index in [1.165, 1.54) is 17.8 Å². The highest BCUT2D eigenvalue weighted by Gasteiger charge is 2.16. The molecule has 0 atom stereocenters. The second kappa shape index (κ2) is 14.5. The molecule has 0 unspecified atom stereocenters. The van der Waals surface area contributed by atoms with Crippen LogP contribution in [0.3, 0.4) is 0 Å². The van der Waals surface area contributed by atoms with E-state index in [0.717, 1.165) is 26.2 Å². The van der Waals surface area contributed by atoms with Crippen LogP contribution in [0.2, 0.25) is 0 Å². The van der Waals surface area contributed by atoms with Gasteiger partial charge in [0.25, 0.3) is 11.8 Å². The van der Waals surface area contributed by atoms with Gasteiger partial charge in [0.15, 0.2) is 0 Å². The van der Waals surface area contributed by atoms with E-state index in [-0.39, 0.29) is 17.4 Å². The largest absolute Gasteiger partial charge is 0.457 e. The molecule has 1 aromatic heterocycles. The molecule has 220 valence electrons. The van der Waals surface area contributed by atoms with Crippen LogP contribution in [0.1, 0.15) is 21.7 Å². The van der Waals surface area contributed by atoms with Crippen LogP contribution < -0.4 is 16.0 Å². The Kier molecular flexibility index (Phi) is 10.1. The normalized spacial score (nSPS) is 11.1. The molecule has 0 saturated carbocycles. The molecule has 1 heterocycles. The van der Waals surface area contributed by atoms with Crippen molar-refractivity contribution < 1.29 is 18.8 Å². The standard InChI is InChI=1S/C35H28BrN3O4S/c1-23-7-13-27(14-8-23)37-33(40)22-44-30-18-15-28(16-19-30)38-35(42)31(39-34(41)25-5-3-2-4-6-25)21-29-17-20-32(43-29)24-9-11-26(36)12-10-24/h2-21H,22H2,1H3,(H,37,40)(H,38,42)(H,39,41)/b31-21-. The monoisotopic (exact) mass is 665 g/mol. The molecular formula is C35H28BrN3O4S. The Bertz CT molecular complexity index is 1780. The molecule has 9 heteroatoms. The third-order valence-corrected chi connectivity index (χ3v) is 7.93. The summed E-state index contributed by atoms with van der Waals surface area (Å²) in [6, 6.07) is 34.6. The topological polar surface area (TPSA) is 100 Å². The Hall–Kier alpha value is -4.86. The van der Waals surface area contributed by atoms with Crippen molar-refractivity contribution in [3.8, 4) is 11.3 Å². The zero-order chi connectivity index (χ0) is 30.9. The van der Waals surface area contributed by atoms with Crippen LogP contribution in [-0.2, 0) is 9.59 Å². The Balaban J connectivity index is 1.26. The third-order valence-electron chi connectivity index (χ3n) is 6.39. The molecule has 0 aliphatic rings. The van der Waals surface area contributed by atoms with E-state index in [0.29, 0.717) is 22.8 Å². The van der Waals surface area contributed by atoms with E-state index in [2.05, 4.69) is 31.9 Å². The van der Waals surface area contributed by atoms with Gasteiger partial charge in [-0.05, 0) is 79.7 Å². The number of hydrogen-bond acceptors (Lipinski definition) is 5. The summed E-state index contributed by atoms with van der Waals surface area (Å²) in [6.45, 7) is 1.99. The summed E-state index contributed by atoms with van der Waals surface area (Å²) in [6.07, 6.45) is 1.50. The smallest absolute Gasteiger partial charge is 0.272 e. The van der Waals surface area contributed by atoms with Gasteiger partial charge in [-0.3, -0.25) is 14.4 Å². The van der Waals surface area contributed by atoms with Crippen molar-refractivity contribution in [3.05, 3.63) is 142 Å². The Morgan fingerprint density at radius 2 is 1.43 bits per heavy atom. The number of aryl methyl sites for hydroxylation is 1. The van der Waals surface area contributed by atoms with Gasteiger partial charge in [-0.15, -0.1) is 11.8 Å². The van der Waals surface area contributed by atoms with E-state index >= 15 is 0 Å². The fourth-order valence-electron chi connectivity index (χ4n) is 4.10. The molecule has 4 aromatic carbocycles. The predicted molar refractivity (Wildman–Crippen MR) is 179 cm³/mol. The van der Waals surface area contributed by atoms with Gasteiger partial charge in [-0.25, -0.2) is 0 Å². The average Bonchev–Trinajstić information content (AvgIpc) is 3.51. The number of nitrogens with one attached hydrogen (secondary N) is 3. The summed E-state index contributed by atoms with van der Waals surface area (Å²) in [5.41, 5.74) is 3.70. The number of carbonyl (C=O) groups excluding carboxylic acids is 3. The first-order valence-electron chi connectivity index (χ1n) is 13.7. The number of furan rings is 1. The first-order chi connectivity index (χ1) is 21.3. The zero-order valence-corrected chi connectivity index (χ0v) is 26.1. The quantitative estimate of drug-likeness (QED) is 0.103. The van der Waals surface area contributed by atoms with Crippen molar-refractivity contribution in [2.24, 2.45) is 0 Å². The van der Waals surface area contributed by atoms with E-state index in [4.69, 9.17) is 4.42 Å². The number of benzene rings is 4. The van der Waals surface area contributed by atoms with Crippen molar-refractivity contribution in [2.75, 3.05) is 16.4 Å². The number of carbonyl (C=O) groups is 3. The van der Waals surface area contributed by atoms with Crippen molar-refractivity contribution in [2.45, 2.75) is 11.8 Å². The molecule has 5 rings (SSSR count). The second-order valence-electron chi connectivity index (χ2n) is 9.77. The Morgan fingerprint density at radius 1 is 0.773 bits per heavy atom. The lowest BCUT2D eigenvalue weighted by molar-refractivity contribution is -0.114. The molecule has 0 bridgehead atoms. The number of anilines is 2. The molecule has 3 N–H and O–H groups in total. The predicted octanol–water partition coefficient (Wildman–Crippen LogP) is 8.16. The number of hydrogen-bond donors (Lipinski definition) is 3. The lowest BCUT2D eigenvalue weighted by Gasteiger charge is -2.11. The number of amides is 3. The molecular weight excluding hydrogens is 638 g/mol. The Morgan fingerprint density at radius 3 is 2.14 bits per heavy atom. The maximum absolute atomic E-state index is 13.4. The summed E-state index contributed by atoms with van der Waals surface area (Å²) in [4.78, 5) is 39.6. The van der Waals surface area contributed by atoms with Gasteiger partial charge in [0.05, 0.1) is 5.75 Å². The van der Waals surface area contributed by atoms with E-state index < -0.39 is 11.8 Å². The van der Waals surface area contributed by atoms with Crippen LogP contribution in [0.25, 0.3) is 17.4 Å². The zero-order valence-electron chi connectivity index (χ0n) is 23.7. The average molecular weight is 667 g/mol. The first kappa shape index (κ1) is 30.6. The van der Waals surface area contributed by atoms with Gasteiger partial charge in [0, 0.05) is 37.9 Å². The van der Waals surface area contributed by atoms with Crippen LogP contribution in [0, 0.1) is 6.92 Å². The second-order valence-corrected chi connectivity index (χ2v) is 11.7. The van der Waals surface area contributed by atoms with Crippen LogP contribution in [0.5, 0.6) is 0 Å². The van der Waals surface area contributed by atoms with Crippen molar-refractivity contribution in [1.82, 2.24) is 5.32 Å². The summed E-state index contributed by atoms with van der Waals surface area (Å²) in [7, 11) is 0. The molecule has 7 nitrogen and oxygen atoms in total. The maximum atomic E-state index is 13.4. The third kappa shape index (κ3) is 8.59. The molecule has 0 radical (unpaired) electrons. The lowest BCUT2D eigenvalue weighted by atomic mass is 10.2. The minimum Gasteiger partial charge on any atom is -0.457 e. The molecule has 44 heavy (non-hydrogen) atoms. The minimum absolute atomic E-state index is 0.0155. The van der Waals surface area contributed by atoms with Crippen LogP contribution in [0.4, 0.5) is 11.4 Å². The molecule has 5 aromatic rings. The van der Waals surface area contributed by atoms with Crippen LogP contribution in [0.15, 0.2) is 135 Å². The van der Waals surface area contributed by atoms with Gasteiger partial charge < -0.3 is 20.4 Å². The Labute approximate surface area is 267 Å². The van der Waals surface area contributed by atoms with Gasteiger partial charge in [-0.2, -0.15) is 0 Å². The van der Waals surface area contributed by atoms with Crippen molar-refractivity contribution in [3.63, 3.8) is 0 Å². The molecule has 3 amide bonds. The van der Waals surface area contributed by atoms with E-state index in [1.807, 2.05) is 73.7 Å². The summed E-state index contributed by atoms with van der Waals surface area (Å²) in [5.74, 6) is 0.205. The number of rotatable bonds is 10. The highest BCUT2D eigenvalue weighted by molar-refractivity contribution is 9.10. The van der Waals surface area contributed by atoms with Gasteiger partial charge in [-0.1, -0.05) is 64.0 Å². The SMILES string of the molecule is Cc1ccc(NC(=O)CSc2ccc(NC(=O)/C(=C/c3ccc(-c4ccc(Br)cc4)o3)NC(=O)c3ccccc3)cc2)cc1. The fourth-order valence-corrected chi connectivity index (χ4v) is 5.06. The summed E-state index contributed by atoms with van der Waals surface area (Å²) >= 11 is 4.81. The van der Waals surface area contributed by atoms with E-state index in [9.17, 15) is 14.4 Å². The van der Waals surface area contributed by atoms with E-state index in [1.54, 1.807) is 48.5 Å². The molecule has 0 aliphatic carbocycles. The number of halogens is 1. The lowest BCUT2D eigenvalue weighted by Crippen LogP contribution is -2.30.